The highest BCUT2D eigenvalue weighted by Gasteiger charge is 2.10. The van der Waals surface area contributed by atoms with Gasteiger partial charge in [0.05, 0.1) is 18.8 Å². The van der Waals surface area contributed by atoms with Gasteiger partial charge in [-0.25, -0.2) is 4.98 Å². The minimum atomic E-state index is 0.165. The number of halogens is 2. The summed E-state index contributed by atoms with van der Waals surface area (Å²) in [6, 6.07) is 0.165. The summed E-state index contributed by atoms with van der Waals surface area (Å²) in [5.41, 5.74) is 0. The fraction of sp³-hybridized carbons (Fsp3) is 0.556. The van der Waals surface area contributed by atoms with Crippen molar-refractivity contribution in [2.45, 2.75) is 19.4 Å². The van der Waals surface area contributed by atoms with Crippen LogP contribution < -0.4 is 5.32 Å². The van der Waals surface area contributed by atoms with Crippen LogP contribution in [0.2, 0.25) is 10.3 Å². The summed E-state index contributed by atoms with van der Waals surface area (Å²) in [5.74, 6) is 0.542. The average molecular weight is 250 g/mol. The minimum Gasteiger partial charge on any atom is -0.383 e. The van der Waals surface area contributed by atoms with Gasteiger partial charge in [-0.15, -0.1) is 0 Å². The van der Waals surface area contributed by atoms with Gasteiger partial charge in [0.15, 0.2) is 0 Å². The molecule has 1 aromatic heterocycles. The quantitative estimate of drug-likeness (QED) is 0.816. The first kappa shape index (κ1) is 12.5. The monoisotopic (exact) mass is 249 g/mol. The molecule has 1 N–H and O–H groups in total. The number of rotatable bonds is 5. The molecule has 0 amide bonds. The van der Waals surface area contributed by atoms with Crippen LogP contribution in [0.15, 0.2) is 6.20 Å². The maximum Gasteiger partial charge on any atom is 0.224 e. The molecule has 0 aliphatic heterocycles. The van der Waals surface area contributed by atoms with Crippen molar-refractivity contribution < 1.29 is 4.74 Å². The predicted octanol–water partition coefficient (Wildman–Crippen LogP) is 2.62. The first-order valence-corrected chi connectivity index (χ1v) is 5.36. The summed E-state index contributed by atoms with van der Waals surface area (Å²) in [7, 11) is 1.65. The summed E-state index contributed by atoms with van der Waals surface area (Å²) < 4.78 is 5.06. The van der Waals surface area contributed by atoms with Crippen molar-refractivity contribution in [3.05, 3.63) is 16.5 Å². The molecule has 1 unspecified atom stereocenters. The van der Waals surface area contributed by atoms with Crippen molar-refractivity contribution in [3.63, 3.8) is 0 Å². The number of nitrogens with zero attached hydrogens (tertiary/aromatic N) is 2. The second kappa shape index (κ2) is 6.10. The van der Waals surface area contributed by atoms with Crippen molar-refractivity contribution in [2.75, 3.05) is 19.0 Å². The highest BCUT2D eigenvalue weighted by atomic mass is 35.5. The van der Waals surface area contributed by atoms with Crippen molar-refractivity contribution in [3.8, 4) is 0 Å². The van der Waals surface area contributed by atoms with Crippen LogP contribution in [0.5, 0.6) is 0 Å². The Balaban J connectivity index is 2.73. The molecule has 1 atom stereocenters. The van der Waals surface area contributed by atoms with E-state index in [2.05, 4.69) is 15.3 Å². The Bertz CT molecular complexity index is 322. The second-order valence-corrected chi connectivity index (χ2v) is 3.79. The van der Waals surface area contributed by atoms with Crippen LogP contribution in [0.4, 0.5) is 5.82 Å². The summed E-state index contributed by atoms with van der Waals surface area (Å²) in [4.78, 5) is 7.77. The van der Waals surface area contributed by atoms with Gasteiger partial charge in [0.2, 0.25) is 5.28 Å². The van der Waals surface area contributed by atoms with Gasteiger partial charge >= 0.3 is 0 Å². The molecular weight excluding hydrogens is 237 g/mol. The first-order chi connectivity index (χ1) is 7.17. The number of hydrogen-bond donors (Lipinski definition) is 1. The number of methoxy groups -OCH3 is 1. The number of ether oxygens (including phenoxy) is 1. The minimum absolute atomic E-state index is 0.165. The van der Waals surface area contributed by atoms with E-state index in [0.29, 0.717) is 17.4 Å². The molecule has 6 heteroatoms. The van der Waals surface area contributed by atoms with Gasteiger partial charge in [0, 0.05) is 7.11 Å². The van der Waals surface area contributed by atoms with E-state index in [1.165, 1.54) is 6.20 Å². The van der Waals surface area contributed by atoms with E-state index in [4.69, 9.17) is 27.9 Å². The average Bonchev–Trinajstić information content (AvgIpc) is 2.22. The number of aromatic nitrogens is 2. The lowest BCUT2D eigenvalue weighted by Crippen LogP contribution is -2.24. The third kappa shape index (κ3) is 3.81. The zero-order chi connectivity index (χ0) is 11.3. The van der Waals surface area contributed by atoms with Gasteiger partial charge in [0.25, 0.3) is 0 Å². The van der Waals surface area contributed by atoms with Gasteiger partial charge < -0.3 is 10.1 Å². The smallest absolute Gasteiger partial charge is 0.224 e. The second-order valence-electron chi connectivity index (χ2n) is 3.04. The Hall–Kier alpha value is -0.580. The van der Waals surface area contributed by atoms with Crippen LogP contribution in [-0.2, 0) is 4.74 Å². The Labute approximate surface area is 99.0 Å². The lowest BCUT2D eigenvalue weighted by Gasteiger charge is -2.17. The molecular formula is C9H13Cl2N3O. The molecule has 1 heterocycles. The number of anilines is 1. The Morgan fingerprint density at radius 1 is 1.53 bits per heavy atom. The molecule has 0 radical (unpaired) electrons. The molecule has 0 aliphatic rings. The highest BCUT2D eigenvalue weighted by molar-refractivity contribution is 6.33. The fourth-order valence-electron chi connectivity index (χ4n) is 1.10. The molecule has 0 aliphatic carbocycles. The topological polar surface area (TPSA) is 47.0 Å². The predicted molar refractivity (Wildman–Crippen MR) is 61.6 cm³/mol. The molecule has 0 saturated heterocycles. The third-order valence-corrected chi connectivity index (χ3v) is 2.37. The molecule has 84 valence electrons. The van der Waals surface area contributed by atoms with Crippen LogP contribution in [-0.4, -0.2) is 29.7 Å². The van der Waals surface area contributed by atoms with Gasteiger partial charge in [-0.05, 0) is 18.0 Å². The summed E-state index contributed by atoms with van der Waals surface area (Å²) in [6.07, 6.45) is 2.38. The van der Waals surface area contributed by atoms with Gasteiger partial charge in [-0.1, -0.05) is 18.5 Å². The Morgan fingerprint density at radius 2 is 2.27 bits per heavy atom. The Kier molecular flexibility index (Phi) is 5.08. The Morgan fingerprint density at radius 3 is 2.87 bits per heavy atom. The zero-order valence-electron chi connectivity index (χ0n) is 8.63. The molecule has 4 nitrogen and oxygen atoms in total. The zero-order valence-corrected chi connectivity index (χ0v) is 10.1. The number of nitrogens with one attached hydrogen (secondary N) is 1. The summed E-state index contributed by atoms with van der Waals surface area (Å²) in [5, 5.41) is 3.77. The maximum atomic E-state index is 5.91. The van der Waals surface area contributed by atoms with Crippen LogP contribution in [0.1, 0.15) is 13.3 Å². The van der Waals surface area contributed by atoms with E-state index in [-0.39, 0.29) is 11.3 Å². The van der Waals surface area contributed by atoms with E-state index in [9.17, 15) is 0 Å². The van der Waals surface area contributed by atoms with Crippen molar-refractivity contribution in [1.29, 1.82) is 0 Å². The molecule has 0 aromatic carbocycles. The summed E-state index contributed by atoms with van der Waals surface area (Å²) in [6.45, 7) is 2.64. The van der Waals surface area contributed by atoms with Gasteiger partial charge in [0.1, 0.15) is 10.8 Å². The van der Waals surface area contributed by atoms with Crippen LogP contribution in [0.25, 0.3) is 0 Å². The van der Waals surface area contributed by atoms with E-state index >= 15 is 0 Å². The van der Waals surface area contributed by atoms with Crippen LogP contribution >= 0.6 is 23.2 Å². The normalized spacial score (nSPS) is 12.5. The van der Waals surface area contributed by atoms with Crippen molar-refractivity contribution in [1.82, 2.24) is 9.97 Å². The molecule has 15 heavy (non-hydrogen) atoms. The molecule has 0 saturated carbocycles. The maximum absolute atomic E-state index is 5.91. The van der Waals surface area contributed by atoms with Gasteiger partial charge in [-0.3, -0.25) is 0 Å². The van der Waals surface area contributed by atoms with Crippen molar-refractivity contribution >= 4 is 29.0 Å². The molecule has 1 rings (SSSR count). The third-order valence-electron chi connectivity index (χ3n) is 1.92. The fourth-order valence-corrected chi connectivity index (χ4v) is 1.38. The van der Waals surface area contributed by atoms with Gasteiger partial charge in [-0.2, -0.15) is 4.98 Å². The standard InChI is InChI=1S/C9H13Cl2N3O/c1-3-6(5-15-2)13-8-7(10)4-12-9(11)14-8/h4,6H,3,5H2,1-2H3,(H,12,13,14). The highest BCUT2D eigenvalue weighted by Crippen LogP contribution is 2.20. The largest absolute Gasteiger partial charge is 0.383 e. The molecule has 0 bridgehead atoms. The number of hydrogen-bond acceptors (Lipinski definition) is 4. The molecule has 0 spiro atoms. The summed E-state index contributed by atoms with van der Waals surface area (Å²) >= 11 is 11.6. The van der Waals surface area contributed by atoms with E-state index in [1.54, 1.807) is 7.11 Å². The van der Waals surface area contributed by atoms with Crippen molar-refractivity contribution in [2.24, 2.45) is 0 Å². The molecule has 1 aromatic rings. The molecule has 0 fully saturated rings. The van der Waals surface area contributed by atoms with Crippen LogP contribution in [0.3, 0.4) is 0 Å². The van der Waals surface area contributed by atoms with Crippen LogP contribution in [0, 0.1) is 0 Å². The first-order valence-electron chi connectivity index (χ1n) is 4.60. The SMILES string of the molecule is CCC(COC)Nc1nc(Cl)ncc1Cl. The van der Waals surface area contributed by atoms with E-state index in [0.717, 1.165) is 6.42 Å². The van der Waals surface area contributed by atoms with E-state index < -0.39 is 0 Å². The lowest BCUT2D eigenvalue weighted by molar-refractivity contribution is 0.184. The lowest BCUT2D eigenvalue weighted by atomic mass is 10.2. The van der Waals surface area contributed by atoms with E-state index in [1.807, 2.05) is 6.92 Å².